The number of thiazole rings is 1. The molecule has 0 fully saturated rings. The van der Waals surface area contributed by atoms with Crippen LogP contribution in [0.25, 0.3) is 4.96 Å². The molecular weight excluding hydrogens is 434 g/mol. The highest BCUT2D eigenvalue weighted by atomic mass is 32.2. The van der Waals surface area contributed by atoms with Gasteiger partial charge in [-0.15, -0.1) is 23.1 Å². The summed E-state index contributed by atoms with van der Waals surface area (Å²) in [4.78, 5) is 31.3. The minimum Gasteiger partial charge on any atom is -0.454 e. The molecule has 0 unspecified atom stereocenters. The van der Waals surface area contributed by atoms with E-state index in [1.165, 1.54) is 23.1 Å². The van der Waals surface area contributed by atoms with Crippen LogP contribution in [0.15, 0.2) is 63.6 Å². The van der Waals surface area contributed by atoms with Crippen LogP contribution in [0.5, 0.6) is 11.5 Å². The molecule has 1 amide bonds. The molecule has 9 heteroatoms. The lowest BCUT2D eigenvalue weighted by molar-refractivity contribution is 0.102. The van der Waals surface area contributed by atoms with Crippen LogP contribution in [0.1, 0.15) is 21.7 Å². The maximum Gasteiger partial charge on any atom is 0.258 e. The lowest BCUT2D eigenvalue weighted by Crippen LogP contribution is -2.14. The van der Waals surface area contributed by atoms with Gasteiger partial charge in [0, 0.05) is 33.4 Å². The number of fused-ring (bicyclic) bond motifs is 2. The zero-order chi connectivity index (χ0) is 21.4. The number of benzene rings is 2. The summed E-state index contributed by atoms with van der Waals surface area (Å²) in [6, 6.07) is 14.2. The van der Waals surface area contributed by atoms with Gasteiger partial charge in [0.2, 0.25) is 6.79 Å². The summed E-state index contributed by atoms with van der Waals surface area (Å²) in [7, 11) is 0. The van der Waals surface area contributed by atoms with Crippen LogP contribution in [0.4, 0.5) is 5.69 Å². The van der Waals surface area contributed by atoms with Gasteiger partial charge in [-0.05, 0) is 37.3 Å². The third-order valence-electron chi connectivity index (χ3n) is 4.77. The van der Waals surface area contributed by atoms with E-state index >= 15 is 0 Å². The van der Waals surface area contributed by atoms with Crippen molar-refractivity contribution in [3.63, 3.8) is 0 Å². The van der Waals surface area contributed by atoms with Crippen molar-refractivity contribution in [2.24, 2.45) is 0 Å². The van der Waals surface area contributed by atoms with Crippen LogP contribution in [-0.4, -0.2) is 22.1 Å². The van der Waals surface area contributed by atoms with Crippen molar-refractivity contribution in [3.05, 3.63) is 81.2 Å². The number of hydrogen-bond donors (Lipinski definition) is 1. The molecule has 5 rings (SSSR count). The molecule has 3 heterocycles. The predicted octanol–water partition coefficient (Wildman–Crippen LogP) is 4.34. The Morgan fingerprint density at radius 2 is 2.03 bits per heavy atom. The van der Waals surface area contributed by atoms with Gasteiger partial charge < -0.3 is 14.8 Å². The second-order valence-electron chi connectivity index (χ2n) is 6.89. The fourth-order valence-corrected chi connectivity index (χ4v) is 5.05. The Kier molecular flexibility index (Phi) is 5.13. The third-order valence-corrected chi connectivity index (χ3v) is 6.82. The van der Waals surface area contributed by atoms with E-state index in [0.717, 1.165) is 10.6 Å². The maximum atomic E-state index is 12.8. The summed E-state index contributed by atoms with van der Waals surface area (Å²) >= 11 is 2.96. The van der Waals surface area contributed by atoms with Gasteiger partial charge in [0.25, 0.3) is 11.5 Å². The smallest absolute Gasteiger partial charge is 0.258 e. The van der Waals surface area contributed by atoms with E-state index in [1.807, 2.05) is 36.6 Å². The van der Waals surface area contributed by atoms with E-state index in [4.69, 9.17) is 9.47 Å². The molecule has 7 nitrogen and oxygen atoms in total. The SMILES string of the molecule is Cc1csc2nc(CSc3ccccc3NC(=O)c3ccc4c(c3)OCO4)cc(=O)n12. The molecule has 1 aliphatic heterocycles. The fourth-order valence-electron chi connectivity index (χ4n) is 3.25. The van der Waals surface area contributed by atoms with Crippen molar-refractivity contribution in [3.8, 4) is 11.5 Å². The normalized spacial score (nSPS) is 12.3. The second-order valence-corrected chi connectivity index (χ2v) is 8.74. The zero-order valence-corrected chi connectivity index (χ0v) is 18.1. The molecule has 0 bridgehead atoms. The average Bonchev–Trinajstić information content (AvgIpc) is 3.39. The first kappa shape index (κ1) is 19.7. The molecule has 1 aliphatic rings. The number of thioether (sulfide) groups is 1. The van der Waals surface area contributed by atoms with Gasteiger partial charge in [-0.1, -0.05) is 12.1 Å². The molecule has 156 valence electrons. The van der Waals surface area contributed by atoms with E-state index in [0.29, 0.717) is 39.2 Å². The van der Waals surface area contributed by atoms with E-state index in [2.05, 4.69) is 10.3 Å². The van der Waals surface area contributed by atoms with Gasteiger partial charge in [0.15, 0.2) is 16.5 Å². The Morgan fingerprint density at radius 3 is 2.94 bits per heavy atom. The quantitative estimate of drug-likeness (QED) is 0.455. The lowest BCUT2D eigenvalue weighted by Gasteiger charge is -2.11. The molecule has 0 saturated heterocycles. The second kappa shape index (κ2) is 8.09. The average molecular weight is 452 g/mol. The largest absolute Gasteiger partial charge is 0.454 e. The maximum absolute atomic E-state index is 12.8. The summed E-state index contributed by atoms with van der Waals surface area (Å²) in [6.45, 7) is 2.05. The summed E-state index contributed by atoms with van der Waals surface area (Å²) in [5.74, 6) is 1.47. The predicted molar refractivity (Wildman–Crippen MR) is 121 cm³/mol. The minimum absolute atomic E-state index is 0.0799. The van der Waals surface area contributed by atoms with Crippen LogP contribution in [0.3, 0.4) is 0 Å². The summed E-state index contributed by atoms with van der Waals surface area (Å²) in [5, 5.41) is 4.88. The van der Waals surface area contributed by atoms with Crippen LogP contribution < -0.4 is 20.3 Å². The molecule has 0 saturated carbocycles. The number of amides is 1. The number of hydrogen-bond acceptors (Lipinski definition) is 7. The molecule has 0 spiro atoms. The third kappa shape index (κ3) is 3.89. The zero-order valence-electron chi connectivity index (χ0n) is 16.5. The van der Waals surface area contributed by atoms with Crippen molar-refractivity contribution in [2.75, 3.05) is 12.1 Å². The van der Waals surface area contributed by atoms with E-state index in [9.17, 15) is 9.59 Å². The van der Waals surface area contributed by atoms with Gasteiger partial charge in [0.05, 0.1) is 11.4 Å². The first-order valence-electron chi connectivity index (χ1n) is 9.48. The summed E-state index contributed by atoms with van der Waals surface area (Å²) in [5.41, 5.74) is 2.68. The monoisotopic (exact) mass is 451 g/mol. The van der Waals surface area contributed by atoms with E-state index < -0.39 is 0 Å². The molecule has 0 aliphatic carbocycles. The molecule has 31 heavy (non-hydrogen) atoms. The Labute approximate surface area is 185 Å². The molecule has 1 N–H and O–H groups in total. The minimum atomic E-state index is -0.238. The number of aromatic nitrogens is 2. The molecular formula is C22H17N3O4S2. The van der Waals surface area contributed by atoms with Gasteiger partial charge in [0.1, 0.15) is 0 Å². The number of para-hydroxylation sites is 1. The molecule has 2 aromatic carbocycles. The van der Waals surface area contributed by atoms with Gasteiger partial charge in [-0.3, -0.25) is 14.0 Å². The lowest BCUT2D eigenvalue weighted by atomic mass is 10.2. The van der Waals surface area contributed by atoms with Crippen LogP contribution in [0, 0.1) is 6.92 Å². The van der Waals surface area contributed by atoms with Crippen molar-refractivity contribution in [2.45, 2.75) is 17.6 Å². The number of rotatable bonds is 5. The molecule has 0 radical (unpaired) electrons. The Balaban J connectivity index is 1.34. The number of carbonyl (C=O) groups is 1. The number of nitrogens with one attached hydrogen (secondary N) is 1. The standard InChI is InChI=1S/C22H17N3O4S2/c1-13-10-31-22-23-15(9-20(26)25(13)22)11-30-19-5-3-2-4-16(19)24-21(27)14-6-7-17-18(8-14)29-12-28-17/h2-10H,11-12H2,1H3,(H,24,27). The van der Waals surface area contributed by atoms with Crippen LogP contribution in [-0.2, 0) is 5.75 Å². The van der Waals surface area contributed by atoms with Gasteiger partial charge in [-0.2, -0.15) is 0 Å². The van der Waals surface area contributed by atoms with Crippen LogP contribution >= 0.6 is 23.1 Å². The van der Waals surface area contributed by atoms with E-state index in [1.54, 1.807) is 28.7 Å². The topological polar surface area (TPSA) is 81.9 Å². The first-order valence-corrected chi connectivity index (χ1v) is 11.3. The highest BCUT2D eigenvalue weighted by Crippen LogP contribution is 2.33. The number of ether oxygens (including phenoxy) is 2. The van der Waals surface area contributed by atoms with Crippen molar-refractivity contribution < 1.29 is 14.3 Å². The van der Waals surface area contributed by atoms with Gasteiger partial charge >= 0.3 is 0 Å². The first-order chi connectivity index (χ1) is 15.1. The molecule has 2 aromatic heterocycles. The van der Waals surface area contributed by atoms with E-state index in [-0.39, 0.29) is 18.3 Å². The Hall–Kier alpha value is -3.30. The number of nitrogens with zero attached hydrogens (tertiary/aromatic N) is 2. The highest BCUT2D eigenvalue weighted by Gasteiger charge is 2.17. The van der Waals surface area contributed by atoms with Crippen LogP contribution in [0.2, 0.25) is 0 Å². The van der Waals surface area contributed by atoms with Crippen molar-refractivity contribution >= 4 is 39.7 Å². The molecule has 0 atom stereocenters. The Morgan fingerprint density at radius 1 is 1.19 bits per heavy atom. The fraction of sp³-hybridized carbons (Fsp3) is 0.136. The highest BCUT2D eigenvalue weighted by molar-refractivity contribution is 7.98. The molecule has 4 aromatic rings. The Bertz CT molecular complexity index is 1360. The van der Waals surface area contributed by atoms with Crippen molar-refractivity contribution in [1.29, 1.82) is 0 Å². The number of aryl methyl sites for hydroxylation is 1. The van der Waals surface area contributed by atoms with Crippen molar-refractivity contribution in [1.82, 2.24) is 9.38 Å². The van der Waals surface area contributed by atoms with Gasteiger partial charge in [-0.25, -0.2) is 4.98 Å². The summed E-state index contributed by atoms with van der Waals surface area (Å²) < 4.78 is 12.3. The number of carbonyl (C=O) groups excluding carboxylic acids is 1. The number of anilines is 1. The summed E-state index contributed by atoms with van der Waals surface area (Å²) in [6.07, 6.45) is 0.